The molecule has 1 heterocycles. The number of nitrogens with zero attached hydrogens (tertiary/aromatic N) is 1. The molecule has 0 bridgehead atoms. The number of rotatable bonds is 4. The van der Waals surface area contributed by atoms with Crippen LogP contribution in [0.15, 0.2) is 29.2 Å². The van der Waals surface area contributed by atoms with Gasteiger partial charge in [0.15, 0.2) is 0 Å². The Balaban J connectivity index is 2.04. The molecule has 22 heavy (non-hydrogen) atoms. The van der Waals surface area contributed by atoms with Crippen molar-refractivity contribution in [2.75, 3.05) is 13.1 Å². The Morgan fingerprint density at radius 2 is 1.68 bits per heavy atom. The Kier molecular flexibility index (Phi) is 5.52. The third-order valence-corrected chi connectivity index (χ3v) is 5.30. The molecule has 1 atom stereocenters. The van der Waals surface area contributed by atoms with Crippen molar-refractivity contribution in [1.82, 2.24) is 9.62 Å². The molecule has 1 aliphatic heterocycles. The zero-order valence-corrected chi connectivity index (χ0v) is 13.4. The summed E-state index contributed by atoms with van der Waals surface area (Å²) in [5.74, 6) is -0.722. The molecular weight excluding hydrogens is 307 g/mol. The maximum Gasteiger partial charge on any atom is 0.241 e. The highest BCUT2D eigenvalue weighted by Crippen LogP contribution is 2.13. The highest BCUT2D eigenvalue weighted by atomic mass is 32.2. The number of halogens is 1. The van der Waals surface area contributed by atoms with Gasteiger partial charge in [0.2, 0.25) is 15.9 Å². The number of amides is 1. The normalized spacial score (nSPS) is 17.8. The molecule has 1 N–H and O–H groups in total. The number of likely N-dealkylation sites (tertiary alicyclic amines) is 1. The molecule has 1 aromatic carbocycles. The number of hydrogen-bond donors (Lipinski definition) is 1. The van der Waals surface area contributed by atoms with E-state index < -0.39 is 21.9 Å². The summed E-state index contributed by atoms with van der Waals surface area (Å²) in [4.78, 5) is 14.0. The minimum atomic E-state index is -3.83. The van der Waals surface area contributed by atoms with Crippen LogP contribution in [0.1, 0.15) is 32.6 Å². The van der Waals surface area contributed by atoms with Crippen molar-refractivity contribution in [1.29, 1.82) is 0 Å². The first kappa shape index (κ1) is 16.9. The molecule has 1 amide bonds. The summed E-state index contributed by atoms with van der Waals surface area (Å²) in [5.41, 5.74) is 0. The van der Waals surface area contributed by atoms with Gasteiger partial charge in [0.25, 0.3) is 0 Å². The Morgan fingerprint density at radius 1 is 1.14 bits per heavy atom. The molecule has 7 heteroatoms. The maximum atomic E-state index is 12.9. The zero-order valence-electron chi connectivity index (χ0n) is 12.6. The lowest BCUT2D eigenvalue weighted by Gasteiger charge is -2.24. The summed E-state index contributed by atoms with van der Waals surface area (Å²) in [7, 11) is -3.83. The lowest BCUT2D eigenvalue weighted by atomic mass is 10.2. The van der Waals surface area contributed by atoms with Gasteiger partial charge in [-0.3, -0.25) is 4.79 Å². The summed E-state index contributed by atoms with van der Waals surface area (Å²) in [6, 6.07) is 3.68. The third kappa shape index (κ3) is 4.27. The van der Waals surface area contributed by atoms with Gasteiger partial charge in [-0.1, -0.05) is 12.8 Å². The fourth-order valence-corrected chi connectivity index (χ4v) is 3.73. The minimum absolute atomic E-state index is 0.0515. The van der Waals surface area contributed by atoms with E-state index in [1.807, 2.05) is 0 Å². The Hall–Kier alpha value is -1.47. The summed E-state index contributed by atoms with van der Waals surface area (Å²) in [6.07, 6.45) is 4.09. The first-order chi connectivity index (χ1) is 10.4. The SMILES string of the molecule is C[C@@H](NS(=O)(=O)c1ccc(F)cc1)C(=O)N1CCCCCC1. The summed E-state index contributed by atoms with van der Waals surface area (Å²) in [5, 5.41) is 0. The predicted molar refractivity (Wildman–Crippen MR) is 81.2 cm³/mol. The summed E-state index contributed by atoms with van der Waals surface area (Å²) >= 11 is 0. The van der Waals surface area contributed by atoms with Gasteiger partial charge >= 0.3 is 0 Å². The summed E-state index contributed by atoms with van der Waals surface area (Å²) < 4.78 is 39.6. The average molecular weight is 328 g/mol. The number of nitrogens with one attached hydrogen (secondary N) is 1. The second-order valence-electron chi connectivity index (χ2n) is 5.54. The molecular formula is C15H21FN2O3S. The van der Waals surface area contributed by atoms with Gasteiger partial charge in [-0.2, -0.15) is 4.72 Å². The van der Waals surface area contributed by atoms with Gasteiger partial charge in [0.05, 0.1) is 10.9 Å². The van der Waals surface area contributed by atoms with Gasteiger partial charge in [0, 0.05) is 13.1 Å². The van der Waals surface area contributed by atoms with E-state index in [4.69, 9.17) is 0 Å². The quantitative estimate of drug-likeness (QED) is 0.918. The van der Waals surface area contributed by atoms with Crippen LogP contribution in [0.4, 0.5) is 4.39 Å². The number of benzene rings is 1. The van der Waals surface area contributed by atoms with Crippen LogP contribution in [-0.4, -0.2) is 38.4 Å². The van der Waals surface area contributed by atoms with Gasteiger partial charge < -0.3 is 4.90 Å². The van der Waals surface area contributed by atoms with Crippen molar-refractivity contribution in [2.45, 2.75) is 43.5 Å². The van der Waals surface area contributed by atoms with Crippen LogP contribution in [0.2, 0.25) is 0 Å². The number of carbonyl (C=O) groups is 1. The molecule has 1 saturated heterocycles. The van der Waals surface area contributed by atoms with Gasteiger partial charge in [-0.25, -0.2) is 12.8 Å². The largest absolute Gasteiger partial charge is 0.341 e. The van der Waals surface area contributed by atoms with E-state index in [1.54, 1.807) is 4.90 Å². The van der Waals surface area contributed by atoms with Crippen LogP contribution in [0, 0.1) is 5.82 Å². The second kappa shape index (κ2) is 7.19. The minimum Gasteiger partial charge on any atom is -0.341 e. The first-order valence-electron chi connectivity index (χ1n) is 7.47. The molecule has 1 fully saturated rings. The van der Waals surface area contributed by atoms with Crippen LogP contribution in [-0.2, 0) is 14.8 Å². The van der Waals surface area contributed by atoms with E-state index in [0.29, 0.717) is 13.1 Å². The van der Waals surface area contributed by atoms with Crippen LogP contribution in [0.25, 0.3) is 0 Å². The van der Waals surface area contributed by atoms with E-state index in [0.717, 1.165) is 37.8 Å². The Bertz CT molecular complexity index is 608. The van der Waals surface area contributed by atoms with Crippen molar-refractivity contribution >= 4 is 15.9 Å². The van der Waals surface area contributed by atoms with Crippen molar-refractivity contribution in [2.24, 2.45) is 0 Å². The predicted octanol–water partition coefficient (Wildman–Crippen LogP) is 1.90. The van der Waals surface area contributed by atoms with Crippen molar-refractivity contribution in [3.05, 3.63) is 30.1 Å². The van der Waals surface area contributed by atoms with Crippen LogP contribution in [0.3, 0.4) is 0 Å². The molecule has 0 spiro atoms. The molecule has 0 radical (unpaired) electrons. The van der Waals surface area contributed by atoms with Crippen molar-refractivity contribution in [3.8, 4) is 0 Å². The van der Waals surface area contributed by atoms with E-state index in [-0.39, 0.29) is 10.8 Å². The van der Waals surface area contributed by atoms with E-state index in [2.05, 4.69) is 4.72 Å². The smallest absolute Gasteiger partial charge is 0.241 e. The van der Waals surface area contributed by atoms with Crippen molar-refractivity contribution < 1.29 is 17.6 Å². The van der Waals surface area contributed by atoms with E-state index in [9.17, 15) is 17.6 Å². The van der Waals surface area contributed by atoms with Crippen LogP contribution < -0.4 is 4.72 Å². The average Bonchev–Trinajstić information content (AvgIpc) is 2.75. The number of hydrogen-bond acceptors (Lipinski definition) is 3. The number of carbonyl (C=O) groups excluding carboxylic acids is 1. The molecule has 0 saturated carbocycles. The lowest BCUT2D eigenvalue weighted by molar-refractivity contribution is -0.132. The standard InChI is InChI=1S/C15H21FN2O3S/c1-12(15(19)18-10-4-2-3-5-11-18)17-22(20,21)14-8-6-13(16)7-9-14/h6-9,12,17H,2-5,10-11H2,1H3/t12-/m1/s1. The molecule has 2 rings (SSSR count). The topological polar surface area (TPSA) is 66.5 Å². The van der Waals surface area contributed by atoms with Crippen molar-refractivity contribution in [3.63, 3.8) is 0 Å². The van der Waals surface area contributed by atoms with E-state index in [1.165, 1.54) is 19.1 Å². The fraction of sp³-hybridized carbons (Fsp3) is 0.533. The molecule has 1 aromatic rings. The molecule has 122 valence electrons. The van der Waals surface area contributed by atoms with Gasteiger partial charge in [-0.15, -0.1) is 0 Å². The Labute approximate surface area is 130 Å². The van der Waals surface area contributed by atoms with E-state index >= 15 is 0 Å². The monoisotopic (exact) mass is 328 g/mol. The fourth-order valence-electron chi connectivity index (χ4n) is 2.53. The molecule has 0 aliphatic carbocycles. The van der Waals surface area contributed by atoms with Crippen LogP contribution >= 0.6 is 0 Å². The third-order valence-electron chi connectivity index (χ3n) is 3.74. The highest BCUT2D eigenvalue weighted by Gasteiger charge is 2.26. The molecule has 0 unspecified atom stereocenters. The molecule has 1 aliphatic rings. The Morgan fingerprint density at radius 3 is 2.23 bits per heavy atom. The maximum absolute atomic E-state index is 12.9. The highest BCUT2D eigenvalue weighted by molar-refractivity contribution is 7.89. The second-order valence-corrected chi connectivity index (χ2v) is 7.25. The summed E-state index contributed by atoms with van der Waals surface area (Å²) in [6.45, 7) is 2.87. The lowest BCUT2D eigenvalue weighted by Crippen LogP contribution is -2.47. The van der Waals surface area contributed by atoms with Gasteiger partial charge in [0.1, 0.15) is 5.82 Å². The molecule has 5 nitrogen and oxygen atoms in total. The first-order valence-corrected chi connectivity index (χ1v) is 8.95. The number of sulfonamides is 1. The van der Waals surface area contributed by atoms with Gasteiger partial charge in [-0.05, 0) is 44.0 Å². The zero-order chi connectivity index (χ0) is 16.2. The molecule has 0 aromatic heterocycles. The van der Waals surface area contributed by atoms with Crippen LogP contribution in [0.5, 0.6) is 0 Å².